The summed E-state index contributed by atoms with van der Waals surface area (Å²) in [6, 6.07) is 7.17. The first-order chi connectivity index (χ1) is 8.36. The molecule has 1 aromatic rings. The van der Waals surface area contributed by atoms with Crippen molar-refractivity contribution < 1.29 is 18.3 Å². The van der Waals surface area contributed by atoms with Gasteiger partial charge in [0.15, 0.2) is 0 Å². The normalized spacial score (nSPS) is 14.4. The number of aliphatic hydroxyl groups excluding tert-OH is 1. The minimum atomic E-state index is -4.62. The molecule has 0 bridgehead atoms. The van der Waals surface area contributed by atoms with Gasteiger partial charge in [-0.2, -0.15) is 13.2 Å². The Morgan fingerprint density at radius 1 is 1.26 bits per heavy atom. The molecule has 0 heterocycles. The topological polar surface area (TPSA) is 46.2 Å². The Balaban J connectivity index is 0.00000324. The molecule has 19 heavy (non-hydrogen) atoms. The Kier molecular flexibility index (Phi) is 7.44. The van der Waals surface area contributed by atoms with Crippen LogP contribution in [0.3, 0.4) is 0 Å². The lowest BCUT2D eigenvalue weighted by Gasteiger charge is -2.16. The van der Waals surface area contributed by atoms with Gasteiger partial charge in [0.25, 0.3) is 0 Å². The van der Waals surface area contributed by atoms with Crippen LogP contribution < -0.4 is 5.73 Å². The number of hydrogen-bond donors (Lipinski definition) is 2. The molecule has 108 valence electrons. The molecule has 0 aliphatic rings. The van der Waals surface area contributed by atoms with Gasteiger partial charge in [0, 0.05) is 6.04 Å². The van der Waals surface area contributed by atoms with E-state index >= 15 is 0 Å². The van der Waals surface area contributed by atoms with Crippen molar-refractivity contribution in [1.82, 2.24) is 0 Å². The number of halogens is 5. The van der Waals surface area contributed by atoms with E-state index in [4.69, 9.17) is 22.4 Å². The van der Waals surface area contributed by atoms with Crippen molar-refractivity contribution >= 4 is 29.6 Å². The zero-order valence-electron chi connectivity index (χ0n) is 9.82. The Hall–Kier alpha value is -0.750. The Morgan fingerprint density at radius 3 is 2.21 bits per heavy atom. The van der Waals surface area contributed by atoms with Crippen molar-refractivity contribution in [2.45, 2.75) is 18.6 Å². The number of alkyl halides is 3. The summed E-state index contributed by atoms with van der Waals surface area (Å²) in [7, 11) is 0. The van der Waals surface area contributed by atoms with Gasteiger partial charge in [-0.3, -0.25) is 0 Å². The molecule has 7 heteroatoms. The first kappa shape index (κ1) is 18.2. The fourth-order valence-electron chi connectivity index (χ4n) is 1.47. The second-order valence-electron chi connectivity index (χ2n) is 3.80. The van der Waals surface area contributed by atoms with Crippen molar-refractivity contribution in [3.8, 4) is 0 Å². The van der Waals surface area contributed by atoms with Gasteiger partial charge in [0.05, 0.1) is 6.61 Å². The lowest BCUT2D eigenvalue weighted by atomic mass is 9.98. The molecule has 0 aliphatic carbocycles. The molecule has 0 aliphatic heterocycles. The lowest BCUT2D eigenvalue weighted by Crippen LogP contribution is -2.25. The van der Waals surface area contributed by atoms with Crippen LogP contribution in [0.5, 0.6) is 0 Å². The Bertz CT molecular complexity index is 421. The fourth-order valence-corrected chi connectivity index (χ4v) is 1.66. The predicted molar refractivity (Wildman–Crippen MR) is 72.2 cm³/mol. The van der Waals surface area contributed by atoms with Crippen LogP contribution in [0.25, 0.3) is 5.57 Å². The Labute approximate surface area is 120 Å². The van der Waals surface area contributed by atoms with Crippen LogP contribution in [0.4, 0.5) is 13.2 Å². The average Bonchev–Trinajstić information content (AvgIpc) is 2.34. The molecular weight excluding hydrogens is 302 g/mol. The molecule has 0 spiro atoms. The van der Waals surface area contributed by atoms with Gasteiger partial charge in [-0.15, -0.1) is 12.4 Å². The predicted octanol–water partition coefficient (Wildman–Crippen LogP) is 3.33. The first-order valence-electron chi connectivity index (χ1n) is 5.24. The summed E-state index contributed by atoms with van der Waals surface area (Å²) in [4.78, 5) is 0. The second kappa shape index (κ2) is 7.75. The summed E-state index contributed by atoms with van der Waals surface area (Å²) in [5, 5.41) is 7.65. The highest BCUT2D eigenvalue weighted by atomic mass is 35.5. The molecule has 0 saturated carbocycles. The van der Waals surface area contributed by atoms with Crippen LogP contribution in [0.2, 0.25) is 0 Å². The fraction of sp³-hybridized carbons (Fsp3) is 0.333. The van der Waals surface area contributed by atoms with Crippen LogP contribution in [0.15, 0.2) is 35.4 Å². The van der Waals surface area contributed by atoms with Gasteiger partial charge in [-0.25, -0.2) is 0 Å². The largest absolute Gasteiger partial charge is 0.427 e. The molecule has 1 aromatic carbocycles. The van der Waals surface area contributed by atoms with E-state index in [1.807, 2.05) is 0 Å². The van der Waals surface area contributed by atoms with Gasteiger partial charge < -0.3 is 10.8 Å². The Morgan fingerprint density at radius 2 is 1.79 bits per heavy atom. The highest BCUT2D eigenvalue weighted by Crippen LogP contribution is 2.37. The molecule has 0 aromatic heterocycles. The summed E-state index contributed by atoms with van der Waals surface area (Å²) in [6.45, 7) is -0.404. The smallest absolute Gasteiger partial charge is 0.395 e. The van der Waals surface area contributed by atoms with E-state index in [1.54, 1.807) is 18.2 Å². The summed E-state index contributed by atoms with van der Waals surface area (Å²) >= 11 is 5.38. The number of rotatable bonds is 4. The molecule has 2 nitrogen and oxygen atoms in total. The highest BCUT2D eigenvalue weighted by molar-refractivity contribution is 6.33. The minimum absolute atomic E-state index is 0. The van der Waals surface area contributed by atoms with Gasteiger partial charge in [-0.1, -0.05) is 41.9 Å². The maximum atomic E-state index is 12.6. The first-order valence-corrected chi connectivity index (χ1v) is 5.61. The zero-order valence-corrected chi connectivity index (χ0v) is 11.4. The SMILES string of the molecule is Cl.NC(CO)C/C(=C(/Cl)C(F)(F)F)c1ccccc1. The maximum absolute atomic E-state index is 12.6. The van der Waals surface area contributed by atoms with E-state index in [1.165, 1.54) is 12.1 Å². The van der Waals surface area contributed by atoms with Gasteiger partial charge >= 0.3 is 6.18 Å². The number of hydrogen-bond acceptors (Lipinski definition) is 2. The summed E-state index contributed by atoms with van der Waals surface area (Å²) in [5.74, 6) is 0. The van der Waals surface area contributed by atoms with Gasteiger partial charge in [0.2, 0.25) is 0 Å². The minimum Gasteiger partial charge on any atom is -0.395 e. The monoisotopic (exact) mass is 315 g/mol. The van der Waals surface area contributed by atoms with Crippen LogP contribution >= 0.6 is 24.0 Å². The van der Waals surface area contributed by atoms with E-state index in [-0.39, 0.29) is 24.4 Å². The molecule has 0 amide bonds. The number of nitrogens with two attached hydrogens (primary N) is 1. The van der Waals surface area contributed by atoms with Gasteiger partial charge in [-0.05, 0) is 17.6 Å². The van der Waals surface area contributed by atoms with E-state index in [2.05, 4.69) is 0 Å². The quantitative estimate of drug-likeness (QED) is 0.895. The van der Waals surface area contributed by atoms with E-state index < -0.39 is 23.9 Å². The molecule has 0 fully saturated rings. The molecule has 1 rings (SSSR count). The van der Waals surface area contributed by atoms with Crippen molar-refractivity contribution in [1.29, 1.82) is 0 Å². The molecule has 1 atom stereocenters. The van der Waals surface area contributed by atoms with Crippen LogP contribution in [0, 0.1) is 0 Å². The number of benzene rings is 1. The molecule has 3 N–H and O–H groups in total. The van der Waals surface area contributed by atoms with E-state index in [0.29, 0.717) is 5.56 Å². The van der Waals surface area contributed by atoms with Crippen LogP contribution in [-0.2, 0) is 0 Å². The number of allylic oxidation sites excluding steroid dienone is 1. The molecule has 0 radical (unpaired) electrons. The highest BCUT2D eigenvalue weighted by Gasteiger charge is 2.35. The third-order valence-electron chi connectivity index (χ3n) is 2.34. The van der Waals surface area contributed by atoms with Crippen molar-refractivity contribution in [2.24, 2.45) is 5.73 Å². The van der Waals surface area contributed by atoms with E-state index in [9.17, 15) is 13.2 Å². The second-order valence-corrected chi connectivity index (χ2v) is 4.18. The standard InChI is InChI=1S/C12H13ClF3NO.ClH/c13-11(12(14,15)16)10(6-9(17)7-18)8-4-2-1-3-5-8;/h1-5,9,18H,6-7,17H2;1H/b11-10-;. The molecule has 0 saturated heterocycles. The zero-order chi connectivity index (χ0) is 13.8. The summed E-state index contributed by atoms with van der Waals surface area (Å²) < 4.78 is 37.9. The summed E-state index contributed by atoms with van der Waals surface area (Å²) in [5.41, 5.74) is 5.73. The van der Waals surface area contributed by atoms with Crippen molar-refractivity contribution in [3.63, 3.8) is 0 Å². The third kappa shape index (κ3) is 5.40. The lowest BCUT2D eigenvalue weighted by molar-refractivity contribution is -0.0841. The van der Waals surface area contributed by atoms with Crippen LogP contribution in [0.1, 0.15) is 12.0 Å². The third-order valence-corrected chi connectivity index (χ3v) is 2.78. The number of aliphatic hydroxyl groups is 1. The van der Waals surface area contributed by atoms with E-state index in [0.717, 1.165) is 0 Å². The van der Waals surface area contributed by atoms with Crippen LogP contribution in [-0.4, -0.2) is 23.9 Å². The van der Waals surface area contributed by atoms with Crippen molar-refractivity contribution in [2.75, 3.05) is 6.61 Å². The molecular formula is C12H14Cl2F3NO. The average molecular weight is 316 g/mol. The maximum Gasteiger partial charge on any atom is 0.427 e. The molecule has 1 unspecified atom stereocenters. The summed E-state index contributed by atoms with van der Waals surface area (Å²) in [6.07, 6.45) is -4.76. The van der Waals surface area contributed by atoms with Crippen molar-refractivity contribution in [3.05, 3.63) is 40.9 Å². The van der Waals surface area contributed by atoms with Gasteiger partial charge in [0.1, 0.15) is 5.03 Å².